The molecule has 0 bridgehead atoms. The molecule has 1 aliphatic rings. The predicted octanol–water partition coefficient (Wildman–Crippen LogP) is 3.26. The van der Waals surface area contributed by atoms with Crippen molar-refractivity contribution >= 4 is 57.5 Å². The number of carbonyl (C=O) groups excluding carboxylic acids is 3. The van der Waals surface area contributed by atoms with E-state index in [4.69, 9.17) is 9.15 Å². The van der Waals surface area contributed by atoms with E-state index in [1.165, 1.54) is 6.08 Å². The van der Waals surface area contributed by atoms with Crippen LogP contribution in [0.5, 0.6) is 0 Å². The van der Waals surface area contributed by atoms with Gasteiger partial charge in [-0.2, -0.15) is 0 Å². The van der Waals surface area contributed by atoms with Gasteiger partial charge in [-0.05, 0) is 59.8 Å². The fourth-order valence-electron chi connectivity index (χ4n) is 1.65. The second-order valence-electron chi connectivity index (χ2n) is 4.62. The van der Waals surface area contributed by atoms with Crippen LogP contribution >= 0.6 is 34.4 Å². The molecule has 0 N–H and O–H groups in total. The predicted molar refractivity (Wildman–Crippen MR) is 89.9 cm³/mol. The lowest BCUT2D eigenvalue weighted by molar-refractivity contribution is -0.150. The summed E-state index contributed by atoms with van der Waals surface area (Å²) in [6, 6.07) is 3.45. The van der Waals surface area contributed by atoms with Crippen LogP contribution in [0.3, 0.4) is 0 Å². The highest BCUT2D eigenvalue weighted by molar-refractivity contribution is 14.1. The maximum Gasteiger partial charge on any atom is 0.326 e. The van der Waals surface area contributed by atoms with E-state index >= 15 is 0 Å². The highest BCUT2D eigenvalue weighted by Crippen LogP contribution is 2.32. The Balaban J connectivity index is 2.06. The molecule has 0 spiro atoms. The second-order valence-corrected chi connectivity index (χ2v) is 6.67. The third-order valence-electron chi connectivity index (χ3n) is 2.94. The van der Waals surface area contributed by atoms with Gasteiger partial charge in [0.2, 0.25) is 0 Å². The molecule has 22 heavy (non-hydrogen) atoms. The lowest BCUT2D eigenvalue weighted by Crippen LogP contribution is -2.35. The van der Waals surface area contributed by atoms with Crippen molar-refractivity contribution in [2.24, 2.45) is 0 Å². The van der Waals surface area contributed by atoms with E-state index in [1.54, 1.807) is 19.1 Å². The molecule has 0 aliphatic carbocycles. The van der Waals surface area contributed by atoms with Crippen molar-refractivity contribution in [1.82, 2.24) is 4.90 Å². The third kappa shape index (κ3) is 4.13. The summed E-state index contributed by atoms with van der Waals surface area (Å²) in [5.41, 5.74) is 0. The minimum Gasteiger partial charge on any atom is -0.461 e. The van der Waals surface area contributed by atoms with Gasteiger partial charge in [-0.3, -0.25) is 19.3 Å². The largest absolute Gasteiger partial charge is 0.461 e. The standard InChI is InChI=1S/C14H14INO5S/c1-3-8(2)20-12(17)7-16-13(18)10(22-14(16)19)6-9-4-5-11(15)21-9/h4-6,8H,3,7H2,1-2H3/b10-6-/t8-/m1/s1. The van der Waals surface area contributed by atoms with Crippen molar-refractivity contribution in [3.05, 3.63) is 26.6 Å². The van der Waals surface area contributed by atoms with Gasteiger partial charge < -0.3 is 9.15 Å². The van der Waals surface area contributed by atoms with Crippen LogP contribution in [0.25, 0.3) is 6.08 Å². The molecule has 8 heteroatoms. The fraction of sp³-hybridized carbons (Fsp3) is 0.357. The molecule has 0 unspecified atom stereocenters. The van der Waals surface area contributed by atoms with E-state index in [1.807, 2.05) is 29.5 Å². The first-order valence-corrected chi connectivity index (χ1v) is 8.50. The maximum atomic E-state index is 12.2. The molecule has 6 nitrogen and oxygen atoms in total. The number of hydrogen-bond acceptors (Lipinski definition) is 6. The number of imide groups is 1. The van der Waals surface area contributed by atoms with Crippen LogP contribution < -0.4 is 0 Å². The van der Waals surface area contributed by atoms with Gasteiger partial charge in [-0.25, -0.2) is 0 Å². The molecule has 0 radical (unpaired) electrons. The van der Waals surface area contributed by atoms with Gasteiger partial charge in [0.15, 0.2) is 3.77 Å². The number of amides is 2. The van der Waals surface area contributed by atoms with E-state index in [0.717, 1.165) is 16.7 Å². The number of ether oxygens (including phenoxy) is 1. The van der Waals surface area contributed by atoms with E-state index < -0.39 is 17.1 Å². The van der Waals surface area contributed by atoms with Crippen LogP contribution in [0.1, 0.15) is 26.0 Å². The summed E-state index contributed by atoms with van der Waals surface area (Å²) in [4.78, 5) is 36.9. The van der Waals surface area contributed by atoms with Crippen LogP contribution in [0, 0.1) is 3.77 Å². The molecule has 0 saturated carbocycles. The Morgan fingerprint density at radius 2 is 2.23 bits per heavy atom. The topological polar surface area (TPSA) is 76.8 Å². The van der Waals surface area contributed by atoms with Gasteiger partial charge in [0.05, 0.1) is 11.0 Å². The van der Waals surface area contributed by atoms with Crippen LogP contribution in [0.4, 0.5) is 4.79 Å². The van der Waals surface area contributed by atoms with E-state index in [2.05, 4.69) is 0 Å². The zero-order valence-electron chi connectivity index (χ0n) is 12.0. The summed E-state index contributed by atoms with van der Waals surface area (Å²) in [6.45, 7) is 3.26. The Bertz CT molecular complexity index is 639. The van der Waals surface area contributed by atoms with Gasteiger partial charge in [0.25, 0.3) is 11.1 Å². The number of halogens is 1. The molecule has 2 rings (SSSR count). The Morgan fingerprint density at radius 1 is 1.50 bits per heavy atom. The molecule has 2 amide bonds. The SMILES string of the molecule is CC[C@@H](C)OC(=O)CN1C(=O)S/C(=C\c2ccc(I)o2)C1=O. The van der Waals surface area contributed by atoms with Crippen molar-refractivity contribution in [3.63, 3.8) is 0 Å². The molecule has 1 saturated heterocycles. The van der Waals surface area contributed by atoms with Crippen LogP contribution in [0.15, 0.2) is 21.5 Å². The number of hydrogen-bond donors (Lipinski definition) is 0. The molecule has 1 aromatic heterocycles. The highest BCUT2D eigenvalue weighted by Gasteiger charge is 2.37. The lowest BCUT2D eigenvalue weighted by atomic mass is 10.3. The maximum absolute atomic E-state index is 12.2. The normalized spacial score (nSPS) is 18.1. The van der Waals surface area contributed by atoms with E-state index in [9.17, 15) is 14.4 Å². The summed E-state index contributed by atoms with van der Waals surface area (Å²) in [7, 11) is 0. The molecule has 2 heterocycles. The number of carbonyl (C=O) groups is 3. The van der Waals surface area contributed by atoms with Crippen LogP contribution in [-0.4, -0.2) is 34.7 Å². The van der Waals surface area contributed by atoms with Crippen molar-refractivity contribution in [2.75, 3.05) is 6.54 Å². The van der Waals surface area contributed by atoms with Crippen molar-refractivity contribution < 1.29 is 23.5 Å². The summed E-state index contributed by atoms with van der Waals surface area (Å²) in [6.07, 6.45) is 1.92. The van der Waals surface area contributed by atoms with E-state index in [-0.39, 0.29) is 17.6 Å². The Labute approximate surface area is 145 Å². The average Bonchev–Trinajstić information content (AvgIpc) is 2.98. The first-order valence-electron chi connectivity index (χ1n) is 6.61. The summed E-state index contributed by atoms with van der Waals surface area (Å²) in [5, 5.41) is -0.487. The first-order chi connectivity index (χ1) is 10.4. The van der Waals surface area contributed by atoms with Gasteiger partial charge in [-0.1, -0.05) is 6.92 Å². The zero-order valence-corrected chi connectivity index (χ0v) is 15.0. The van der Waals surface area contributed by atoms with Gasteiger partial charge >= 0.3 is 5.97 Å². The van der Waals surface area contributed by atoms with Gasteiger partial charge in [0.1, 0.15) is 12.3 Å². The fourth-order valence-corrected chi connectivity index (χ4v) is 2.90. The monoisotopic (exact) mass is 435 g/mol. The van der Waals surface area contributed by atoms with Gasteiger partial charge in [-0.15, -0.1) is 0 Å². The molecule has 0 aromatic carbocycles. The average molecular weight is 435 g/mol. The molecule has 1 aliphatic heterocycles. The smallest absolute Gasteiger partial charge is 0.326 e. The minimum atomic E-state index is -0.592. The van der Waals surface area contributed by atoms with Crippen molar-refractivity contribution in [3.8, 4) is 0 Å². The number of esters is 1. The molecule has 1 fully saturated rings. The number of furan rings is 1. The number of rotatable bonds is 5. The minimum absolute atomic E-state index is 0.229. The molecule has 1 aromatic rings. The summed E-state index contributed by atoms with van der Waals surface area (Å²) < 4.78 is 11.1. The molecule has 1 atom stereocenters. The number of nitrogens with zero attached hydrogens (tertiary/aromatic N) is 1. The van der Waals surface area contributed by atoms with Crippen molar-refractivity contribution in [2.45, 2.75) is 26.4 Å². The lowest BCUT2D eigenvalue weighted by Gasteiger charge is -2.14. The van der Waals surface area contributed by atoms with E-state index in [0.29, 0.717) is 15.9 Å². The first kappa shape index (κ1) is 17.1. The quantitative estimate of drug-likeness (QED) is 0.402. The van der Waals surface area contributed by atoms with Crippen LogP contribution in [0.2, 0.25) is 0 Å². The zero-order chi connectivity index (χ0) is 16.3. The molecular formula is C14H14INO5S. The van der Waals surface area contributed by atoms with Gasteiger partial charge in [0, 0.05) is 6.08 Å². The highest BCUT2D eigenvalue weighted by atomic mass is 127. The Hall–Kier alpha value is -1.29. The van der Waals surface area contributed by atoms with Crippen molar-refractivity contribution in [1.29, 1.82) is 0 Å². The number of thioether (sulfide) groups is 1. The third-order valence-corrected chi connectivity index (χ3v) is 4.42. The second kappa shape index (κ2) is 7.32. The van der Waals surface area contributed by atoms with Crippen LogP contribution in [-0.2, 0) is 14.3 Å². The summed E-state index contributed by atoms with van der Waals surface area (Å²) >= 11 is 2.79. The summed E-state index contributed by atoms with van der Waals surface area (Å²) in [5.74, 6) is -0.620. The molecule has 118 valence electrons. The molecular weight excluding hydrogens is 421 g/mol. The Kier molecular flexibility index (Phi) is 5.68. The Morgan fingerprint density at radius 3 is 2.82 bits per heavy atom.